The minimum Gasteiger partial charge on any atom is -0.361 e. The second-order valence-electron chi connectivity index (χ2n) is 7.75. The van der Waals surface area contributed by atoms with E-state index in [4.69, 9.17) is 4.52 Å². The lowest BCUT2D eigenvalue weighted by Gasteiger charge is -2.34. The summed E-state index contributed by atoms with van der Waals surface area (Å²) in [5.74, 6) is 2.31. The van der Waals surface area contributed by atoms with E-state index in [-0.39, 0.29) is 0 Å². The molecule has 0 aliphatic carbocycles. The van der Waals surface area contributed by atoms with Gasteiger partial charge < -0.3 is 14.7 Å². The van der Waals surface area contributed by atoms with Crippen LogP contribution < -0.4 is 5.32 Å². The molecule has 0 radical (unpaired) electrons. The molecule has 2 saturated heterocycles. The first-order valence-electron chi connectivity index (χ1n) is 10.2. The summed E-state index contributed by atoms with van der Waals surface area (Å²) in [5.41, 5.74) is 1.05. The van der Waals surface area contributed by atoms with Crippen LogP contribution in [0.15, 0.2) is 10.6 Å². The van der Waals surface area contributed by atoms with Crippen molar-refractivity contribution in [3.63, 3.8) is 0 Å². The van der Waals surface area contributed by atoms with Crippen molar-refractivity contribution >= 4 is 5.91 Å². The van der Waals surface area contributed by atoms with E-state index in [1.165, 1.54) is 25.7 Å². The van der Waals surface area contributed by atoms with Gasteiger partial charge in [0.25, 0.3) is 0 Å². The van der Waals surface area contributed by atoms with E-state index in [0.717, 1.165) is 63.3 Å². The number of hydrogen-bond acceptors (Lipinski definition) is 4. The van der Waals surface area contributed by atoms with Crippen molar-refractivity contribution in [2.24, 2.45) is 11.8 Å². The maximum absolute atomic E-state index is 12.7. The molecule has 1 amide bonds. The van der Waals surface area contributed by atoms with Gasteiger partial charge in [0.2, 0.25) is 5.91 Å². The van der Waals surface area contributed by atoms with Crippen molar-refractivity contribution in [3.05, 3.63) is 17.5 Å². The number of nitrogens with one attached hydrogen (secondary N) is 1. The molecule has 1 N–H and O–H groups in total. The molecule has 5 nitrogen and oxygen atoms in total. The molecule has 3 rings (SSSR count). The summed E-state index contributed by atoms with van der Waals surface area (Å²) < 4.78 is 5.47. The Bertz CT molecular complexity index is 537. The van der Waals surface area contributed by atoms with Crippen LogP contribution in [-0.2, 0) is 17.6 Å². The van der Waals surface area contributed by atoms with Gasteiger partial charge in [0.15, 0.2) is 0 Å². The van der Waals surface area contributed by atoms with Crippen molar-refractivity contribution < 1.29 is 9.32 Å². The third-order valence-electron chi connectivity index (χ3n) is 5.77. The van der Waals surface area contributed by atoms with Gasteiger partial charge >= 0.3 is 0 Å². The third kappa shape index (κ3) is 5.30. The number of likely N-dealkylation sites (tertiary alicyclic amines) is 1. The molecule has 140 valence electrons. The van der Waals surface area contributed by atoms with Crippen LogP contribution in [0, 0.1) is 11.8 Å². The van der Waals surface area contributed by atoms with Crippen molar-refractivity contribution in [1.82, 2.24) is 15.4 Å². The first-order valence-corrected chi connectivity index (χ1v) is 10.2. The Balaban J connectivity index is 1.55. The first-order chi connectivity index (χ1) is 12.3. The fraction of sp³-hybridized carbons (Fsp3) is 0.800. The van der Waals surface area contributed by atoms with Crippen LogP contribution in [-0.4, -0.2) is 42.1 Å². The molecule has 25 heavy (non-hydrogen) atoms. The average molecular weight is 348 g/mol. The Morgan fingerprint density at radius 2 is 2.16 bits per heavy atom. The molecule has 1 aromatic heterocycles. The zero-order chi connectivity index (χ0) is 17.5. The standard InChI is InChI=1S/C20H33N3O2/c1-2-3-7-19-14-18(22-25-19)12-17-15-21-9-8-16(17)13-20(24)23-10-5-4-6-11-23/h14,16-17,21H,2-13,15H2,1H3. The van der Waals surface area contributed by atoms with E-state index in [0.29, 0.717) is 24.2 Å². The molecule has 0 saturated carbocycles. The number of carbonyl (C=O) groups excluding carboxylic acids is 1. The zero-order valence-electron chi connectivity index (χ0n) is 15.6. The molecule has 1 aromatic rings. The molecular formula is C20H33N3O2. The summed E-state index contributed by atoms with van der Waals surface area (Å²) in [5, 5.41) is 7.76. The predicted molar refractivity (Wildman–Crippen MR) is 98.3 cm³/mol. The Hall–Kier alpha value is -1.36. The summed E-state index contributed by atoms with van der Waals surface area (Å²) in [6.07, 6.45) is 9.60. The van der Waals surface area contributed by atoms with Crippen molar-refractivity contribution in [1.29, 1.82) is 0 Å². The van der Waals surface area contributed by atoms with Gasteiger partial charge in [-0.25, -0.2) is 0 Å². The van der Waals surface area contributed by atoms with E-state index >= 15 is 0 Å². The van der Waals surface area contributed by atoms with E-state index in [1.54, 1.807) is 0 Å². The van der Waals surface area contributed by atoms with Crippen LogP contribution in [0.2, 0.25) is 0 Å². The van der Waals surface area contributed by atoms with Crippen molar-refractivity contribution in [2.45, 2.75) is 64.7 Å². The lowest BCUT2D eigenvalue weighted by molar-refractivity contribution is -0.133. The first kappa shape index (κ1) is 18.4. The van der Waals surface area contributed by atoms with Gasteiger partial charge in [-0.05, 0) is 63.5 Å². The van der Waals surface area contributed by atoms with Gasteiger partial charge in [0.05, 0.1) is 5.69 Å². The van der Waals surface area contributed by atoms with Crippen LogP contribution >= 0.6 is 0 Å². The topological polar surface area (TPSA) is 58.4 Å². The molecule has 5 heteroatoms. The van der Waals surface area contributed by atoms with Gasteiger partial charge in [-0.2, -0.15) is 0 Å². The molecule has 2 atom stereocenters. The maximum Gasteiger partial charge on any atom is 0.222 e. The van der Waals surface area contributed by atoms with Crippen molar-refractivity contribution in [2.75, 3.05) is 26.2 Å². The molecule has 2 unspecified atom stereocenters. The Morgan fingerprint density at radius 3 is 2.96 bits per heavy atom. The van der Waals surface area contributed by atoms with E-state index < -0.39 is 0 Å². The SMILES string of the molecule is CCCCc1cc(CC2CNCCC2CC(=O)N2CCCCC2)no1. The number of aryl methyl sites for hydroxylation is 1. The zero-order valence-corrected chi connectivity index (χ0v) is 15.6. The predicted octanol–water partition coefficient (Wildman–Crippen LogP) is 3.19. The minimum absolute atomic E-state index is 0.361. The highest BCUT2D eigenvalue weighted by molar-refractivity contribution is 5.76. The highest BCUT2D eigenvalue weighted by Crippen LogP contribution is 2.27. The minimum atomic E-state index is 0.361. The molecule has 2 fully saturated rings. The highest BCUT2D eigenvalue weighted by Gasteiger charge is 2.30. The smallest absolute Gasteiger partial charge is 0.222 e. The lowest BCUT2D eigenvalue weighted by Crippen LogP contribution is -2.42. The van der Waals surface area contributed by atoms with Gasteiger partial charge in [0, 0.05) is 32.0 Å². The number of piperidine rings is 2. The fourth-order valence-corrected chi connectivity index (χ4v) is 4.17. The lowest BCUT2D eigenvalue weighted by atomic mass is 9.81. The number of amides is 1. The molecule has 2 aliphatic rings. The van der Waals surface area contributed by atoms with Gasteiger partial charge in [-0.15, -0.1) is 0 Å². The van der Waals surface area contributed by atoms with Crippen LogP contribution in [0.1, 0.15) is 63.3 Å². The Morgan fingerprint density at radius 1 is 1.32 bits per heavy atom. The van der Waals surface area contributed by atoms with Crippen LogP contribution in [0.5, 0.6) is 0 Å². The largest absolute Gasteiger partial charge is 0.361 e. The molecule has 0 bridgehead atoms. The second kappa shape index (κ2) is 9.37. The Kier molecular flexibility index (Phi) is 6.91. The third-order valence-corrected chi connectivity index (χ3v) is 5.77. The van der Waals surface area contributed by atoms with Gasteiger partial charge in [-0.1, -0.05) is 18.5 Å². The molecule has 0 spiro atoms. The number of hydrogen-bond donors (Lipinski definition) is 1. The monoisotopic (exact) mass is 347 g/mol. The van der Waals surface area contributed by atoms with Crippen LogP contribution in [0.4, 0.5) is 0 Å². The highest BCUT2D eigenvalue weighted by atomic mass is 16.5. The van der Waals surface area contributed by atoms with Gasteiger partial charge in [0.1, 0.15) is 5.76 Å². The van der Waals surface area contributed by atoms with Crippen molar-refractivity contribution in [3.8, 4) is 0 Å². The molecule has 0 aromatic carbocycles. The number of carbonyl (C=O) groups is 1. The Labute approximate surface area is 151 Å². The number of rotatable bonds is 7. The molecule has 3 heterocycles. The summed E-state index contributed by atoms with van der Waals surface area (Å²) in [6, 6.07) is 2.12. The summed E-state index contributed by atoms with van der Waals surface area (Å²) in [7, 11) is 0. The molecule has 2 aliphatic heterocycles. The number of unbranched alkanes of at least 4 members (excludes halogenated alkanes) is 1. The van der Waals surface area contributed by atoms with E-state index in [2.05, 4.69) is 28.4 Å². The van der Waals surface area contributed by atoms with Crippen LogP contribution in [0.25, 0.3) is 0 Å². The van der Waals surface area contributed by atoms with Crippen LogP contribution in [0.3, 0.4) is 0 Å². The van der Waals surface area contributed by atoms with Gasteiger partial charge in [-0.3, -0.25) is 4.79 Å². The quantitative estimate of drug-likeness (QED) is 0.823. The van der Waals surface area contributed by atoms with E-state index in [1.807, 2.05) is 0 Å². The summed E-state index contributed by atoms with van der Waals surface area (Å²) in [4.78, 5) is 14.7. The summed E-state index contributed by atoms with van der Waals surface area (Å²) >= 11 is 0. The second-order valence-corrected chi connectivity index (χ2v) is 7.75. The summed E-state index contributed by atoms with van der Waals surface area (Å²) in [6.45, 7) is 6.11. The average Bonchev–Trinajstić information content (AvgIpc) is 3.09. The number of nitrogens with zero attached hydrogens (tertiary/aromatic N) is 2. The fourth-order valence-electron chi connectivity index (χ4n) is 4.17. The van der Waals surface area contributed by atoms with E-state index in [9.17, 15) is 4.79 Å². The maximum atomic E-state index is 12.7. The number of aromatic nitrogens is 1. The molecular weight excluding hydrogens is 314 g/mol. The normalized spacial score (nSPS) is 24.4.